The van der Waals surface area contributed by atoms with Crippen molar-refractivity contribution in [3.8, 4) is 39.1 Å². The van der Waals surface area contributed by atoms with Crippen molar-refractivity contribution in [3.63, 3.8) is 0 Å². The van der Waals surface area contributed by atoms with Crippen molar-refractivity contribution in [2.24, 2.45) is 0 Å². The van der Waals surface area contributed by atoms with Crippen LogP contribution in [0.4, 0.5) is 17.1 Å². The molecule has 0 N–H and O–H groups in total. The molecule has 0 amide bonds. The number of rotatable bonds is 6. The maximum atomic E-state index is 2.57. The second kappa shape index (κ2) is 13.8. The van der Waals surface area contributed by atoms with E-state index in [1.54, 1.807) is 0 Å². The molecule has 1 aromatic heterocycles. The van der Waals surface area contributed by atoms with Gasteiger partial charge < -0.3 is 9.47 Å². The lowest BCUT2D eigenvalue weighted by Crippen LogP contribution is -2.31. The number of para-hydroxylation sites is 3. The van der Waals surface area contributed by atoms with Gasteiger partial charge in [0.2, 0.25) is 0 Å². The first-order chi connectivity index (χ1) is 32.3. The van der Waals surface area contributed by atoms with Crippen LogP contribution >= 0.6 is 0 Å². The average molecular weight is 825 g/mol. The van der Waals surface area contributed by atoms with E-state index >= 15 is 0 Å². The summed E-state index contributed by atoms with van der Waals surface area (Å²) in [6, 6.07) is 90.6. The van der Waals surface area contributed by atoms with Crippen LogP contribution < -0.4 is 4.90 Å². The molecule has 0 atom stereocenters. The van der Waals surface area contributed by atoms with Crippen molar-refractivity contribution < 1.29 is 0 Å². The van der Waals surface area contributed by atoms with Gasteiger partial charge in [-0.15, -0.1) is 0 Å². The van der Waals surface area contributed by atoms with Gasteiger partial charge in [0, 0.05) is 38.8 Å². The van der Waals surface area contributed by atoms with Gasteiger partial charge in [-0.2, -0.15) is 0 Å². The van der Waals surface area contributed by atoms with Crippen molar-refractivity contribution in [3.05, 3.63) is 265 Å². The molecule has 11 aromatic carbocycles. The highest BCUT2D eigenvalue weighted by atomic mass is 15.1. The van der Waals surface area contributed by atoms with Gasteiger partial charge in [-0.1, -0.05) is 200 Å². The minimum absolute atomic E-state index is 0.788. The standard InChI is InChI=1S/C63H40N2/c1-3-18-41(19-4-1)44-24-15-27-46(40-44)64(45-25-5-2-6-26-45)58-39-37-51-49-30-11-13-34-56(49)65-57-35-14-12-31-50(57)52-36-38-55-60(62(52)65)59(51)61(58)63(55,53-32-16-22-42-20-7-9-28-47(42)53)54-33-17-23-43-21-8-10-29-48(43)54/h1-40H. The van der Waals surface area contributed by atoms with E-state index in [0.29, 0.717) is 0 Å². The van der Waals surface area contributed by atoms with Gasteiger partial charge in [0.1, 0.15) is 0 Å². The van der Waals surface area contributed by atoms with Crippen LogP contribution in [0, 0.1) is 0 Å². The average Bonchev–Trinajstić information content (AvgIpc) is 3.84. The van der Waals surface area contributed by atoms with Crippen LogP contribution in [0.15, 0.2) is 243 Å². The molecular formula is C63H40N2. The second-order valence-electron chi connectivity index (χ2n) is 17.5. The maximum Gasteiger partial charge on any atom is 0.0747 e. The SMILES string of the molecule is c1ccc(-c2cccc(N(c3ccccc3)c3ccc4c5c3C(c3cccc6ccccc36)(c3cccc6ccccc36)c3ccc6c7ccccc7n(c6c3-5)-c3ccccc3-4)c2)cc1. The summed E-state index contributed by atoms with van der Waals surface area (Å²) in [6.45, 7) is 0. The van der Waals surface area contributed by atoms with Crippen LogP contribution in [-0.2, 0) is 5.41 Å². The molecule has 0 unspecified atom stereocenters. The highest BCUT2D eigenvalue weighted by Crippen LogP contribution is 2.66. The molecule has 12 aromatic rings. The molecule has 1 aliphatic heterocycles. The first kappa shape index (κ1) is 36.1. The lowest BCUT2D eigenvalue weighted by molar-refractivity contribution is 0.784. The molecule has 65 heavy (non-hydrogen) atoms. The molecule has 2 heteroatoms. The Labute approximate surface area is 377 Å². The summed E-state index contributed by atoms with van der Waals surface area (Å²) in [5.41, 5.74) is 18.8. The summed E-state index contributed by atoms with van der Waals surface area (Å²) in [7, 11) is 0. The summed E-state index contributed by atoms with van der Waals surface area (Å²) in [5, 5.41) is 7.46. The first-order valence-electron chi connectivity index (χ1n) is 22.6. The Bertz CT molecular complexity index is 3810. The fraction of sp³-hybridized carbons (Fsp3) is 0.0159. The normalized spacial score (nSPS) is 13.0. The number of hydrogen-bond donors (Lipinski definition) is 0. The zero-order valence-electron chi connectivity index (χ0n) is 35.5. The van der Waals surface area contributed by atoms with Crippen LogP contribution in [0.5, 0.6) is 0 Å². The van der Waals surface area contributed by atoms with E-state index in [0.717, 1.165) is 17.1 Å². The lowest BCUT2D eigenvalue weighted by Gasteiger charge is -2.39. The molecule has 2 heterocycles. The third kappa shape index (κ3) is 4.94. The Morgan fingerprint density at radius 1 is 0.354 bits per heavy atom. The van der Waals surface area contributed by atoms with E-state index in [9.17, 15) is 0 Å². The van der Waals surface area contributed by atoms with Crippen LogP contribution in [-0.4, -0.2) is 4.57 Å². The number of fused-ring (bicyclic) bond motifs is 8. The van der Waals surface area contributed by atoms with Gasteiger partial charge in [0.25, 0.3) is 0 Å². The summed E-state index contributed by atoms with van der Waals surface area (Å²) in [6.07, 6.45) is 0. The van der Waals surface area contributed by atoms with Crippen molar-refractivity contribution in [1.29, 1.82) is 0 Å². The van der Waals surface area contributed by atoms with Crippen molar-refractivity contribution in [2.45, 2.75) is 5.41 Å². The van der Waals surface area contributed by atoms with E-state index in [1.807, 2.05) is 0 Å². The lowest BCUT2D eigenvalue weighted by atomic mass is 9.64. The topological polar surface area (TPSA) is 8.17 Å². The molecule has 0 bridgehead atoms. The predicted octanol–water partition coefficient (Wildman–Crippen LogP) is 16.6. The smallest absolute Gasteiger partial charge is 0.0747 e. The first-order valence-corrected chi connectivity index (χ1v) is 22.6. The summed E-state index contributed by atoms with van der Waals surface area (Å²) in [4.78, 5) is 2.53. The third-order valence-corrected chi connectivity index (χ3v) is 14.3. The maximum absolute atomic E-state index is 2.57. The van der Waals surface area contributed by atoms with E-state index in [1.165, 1.54) is 105 Å². The zero-order chi connectivity index (χ0) is 42.6. The van der Waals surface area contributed by atoms with E-state index in [-0.39, 0.29) is 0 Å². The van der Waals surface area contributed by atoms with E-state index < -0.39 is 5.41 Å². The molecule has 0 fully saturated rings. The number of anilines is 3. The molecule has 0 saturated heterocycles. The minimum Gasteiger partial charge on any atom is -0.310 e. The molecule has 2 nitrogen and oxygen atoms in total. The number of nitrogens with zero attached hydrogens (tertiary/aromatic N) is 2. The second-order valence-corrected chi connectivity index (χ2v) is 17.5. The van der Waals surface area contributed by atoms with Gasteiger partial charge in [-0.05, 0) is 103 Å². The molecule has 0 radical (unpaired) electrons. The van der Waals surface area contributed by atoms with E-state index in [2.05, 4.69) is 252 Å². The van der Waals surface area contributed by atoms with Gasteiger partial charge in [0.05, 0.1) is 27.8 Å². The number of aromatic nitrogens is 1. The van der Waals surface area contributed by atoms with Gasteiger partial charge >= 0.3 is 0 Å². The van der Waals surface area contributed by atoms with Crippen LogP contribution in [0.3, 0.4) is 0 Å². The highest BCUT2D eigenvalue weighted by molar-refractivity contribution is 6.20. The quantitative estimate of drug-likeness (QED) is 0.162. The van der Waals surface area contributed by atoms with Crippen molar-refractivity contribution >= 4 is 60.4 Å². The minimum atomic E-state index is -0.788. The largest absolute Gasteiger partial charge is 0.310 e. The summed E-state index contributed by atoms with van der Waals surface area (Å²) >= 11 is 0. The fourth-order valence-corrected chi connectivity index (χ4v) is 11.8. The molecule has 0 spiro atoms. The highest BCUT2D eigenvalue weighted by Gasteiger charge is 2.52. The zero-order valence-corrected chi connectivity index (χ0v) is 35.5. The molecule has 302 valence electrons. The van der Waals surface area contributed by atoms with Crippen molar-refractivity contribution in [1.82, 2.24) is 4.57 Å². The van der Waals surface area contributed by atoms with Crippen LogP contribution in [0.25, 0.3) is 82.4 Å². The predicted molar refractivity (Wildman–Crippen MR) is 272 cm³/mol. The molecular weight excluding hydrogens is 785 g/mol. The van der Waals surface area contributed by atoms with Gasteiger partial charge in [0.15, 0.2) is 0 Å². The van der Waals surface area contributed by atoms with Gasteiger partial charge in [-0.25, -0.2) is 0 Å². The Kier molecular flexibility index (Phi) is 7.64. The summed E-state index contributed by atoms with van der Waals surface area (Å²) in [5.74, 6) is 0. The molecule has 1 aliphatic carbocycles. The molecule has 14 rings (SSSR count). The molecule has 2 aliphatic rings. The Hall–Kier alpha value is -8.46. The number of hydrogen-bond acceptors (Lipinski definition) is 1. The van der Waals surface area contributed by atoms with E-state index in [4.69, 9.17) is 0 Å². The Morgan fingerprint density at radius 2 is 0.938 bits per heavy atom. The van der Waals surface area contributed by atoms with Crippen molar-refractivity contribution in [2.75, 3.05) is 4.90 Å². The monoisotopic (exact) mass is 824 g/mol. The Morgan fingerprint density at radius 3 is 1.69 bits per heavy atom. The number of benzene rings is 11. The fourth-order valence-electron chi connectivity index (χ4n) is 11.8. The Balaban J connectivity index is 1.25. The van der Waals surface area contributed by atoms with Crippen LogP contribution in [0.2, 0.25) is 0 Å². The van der Waals surface area contributed by atoms with Crippen LogP contribution in [0.1, 0.15) is 22.3 Å². The molecule has 0 saturated carbocycles. The third-order valence-electron chi connectivity index (χ3n) is 14.3. The van der Waals surface area contributed by atoms with Gasteiger partial charge in [-0.3, -0.25) is 0 Å². The summed E-state index contributed by atoms with van der Waals surface area (Å²) < 4.78 is 2.57.